The molecule has 2 atom stereocenters. The van der Waals surface area contributed by atoms with Gasteiger partial charge in [-0.3, -0.25) is 9.59 Å². The lowest BCUT2D eigenvalue weighted by Gasteiger charge is -2.22. The van der Waals surface area contributed by atoms with Crippen molar-refractivity contribution in [3.05, 3.63) is 0 Å². The van der Waals surface area contributed by atoms with Gasteiger partial charge in [-0.25, -0.2) is 0 Å². The van der Waals surface area contributed by atoms with Gasteiger partial charge in [0.05, 0.1) is 0 Å². The minimum Gasteiger partial charge on any atom is -0.480 e. The van der Waals surface area contributed by atoms with Crippen LogP contribution < -0.4 is 11.5 Å². The first-order chi connectivity index (χ1) is 6.63. The van der Waals surface area contributed by atoms with Crippen molar-refractivity contribution in [2.75, 3.05) is 0 Å². The van der Waals surface area contributed by atoms with E-state index in [0.29, 0.717) is 0 Å². The molecule has 0 aliphatic heterocycles. The lowest BCUT2D eigenvalue weighted by Crippen LogP contribution is -2.43. The van der Waals surface area contributed by atoms with E-state index < -0.39 is 29.6 Å². The van der Waals surface area contributed by atoms with Crippen molar-refractivity contribution in [1.29, 1.82) is 0 Å². The highest BCUT2D eigenvalue weighted by atomic mass is 16.6. The third-order valence-corrected chi connectivity index (χ3v) is 1.53. The number of aliphatic carboxylic acids is 1. The number of carboxylic acids is 1. The number of esters is 1. The number of nitrogens with two attached hydrogens (primary N) is 2. The number of hydrogen-bond donors (Lipinski definition) is 3. The first-order valence-corrected chi connectivity index (χ1v) is 4.60. The Morgan fingerprint density at radius 3 is 2.07 bits per heavy atom. The lowest BCUT2D eigenvalue weighted by atomic mass is 10.1. The van der Waals surface area contributed by atoms with Crippen LogP contribution in [-0.2, 0) is 14.3 Å². The molecule has 0 radical (unpaired) electrons. The zero-order valence-corrected chi connectivity index (χ0v) is 9.19. The molecule has 6 heteroatoms. The highest BCUT2D eigenvalue weighted by molar-refractivity contribution is 5.78. The van der Waals surface area contributed by atoms with Crippen LogP contribution in [0.2, 0.25) is 0 Å². The molecule has 0 aromatic carbocycles. The first-order valence-electron chi connectivity index (χ1n) is 4.60. The number of rotatable bonds is 4. The van der Waals surface area contributed by atoms with E-state index in [1.54, 1.807) is 20.8 Å². The van der Waals surface area contributed by atoms with Crippen molar-refractivity contribution in [3.8, 4) is 0 Å². The average Bonchev–Trinajstić information content (AvgIpc) is 2.00. The Kier molecular flexibility index (Phi) is 4.70. The molecule has 0 heterocycles. The second-order valence-electron chi connectivity index (χ2n) is 4.32. The van der Waals surface area contributed by atoms with Crippen molar-refractivity contribution in [2.24, 2.45) is 11.5 Å². The van der Waals surface area contributed by atoms with Gasteiger partial charge in [-0.1, -0.05) is 0 Å². The molecule has 0 amide bonds. The molecule has 1 unspecified atom stereocenters. The summed E-state index contributed by atoms with van der Waals surface area (Å²) in [6, 6.07) is -2.15. The van der Waals surface area contributed by atoms with Crippen LogP contribution in [0.4, 0.5) is 0 Å². The predicted molar refractivity (Wildman–Crippen MR) is 54.0 cm³/mol. The quantitative estimate of drug-likeness (QED) is 0.545. The summed E-state index contributed by atoms with van der Waals surface area (Å²) in [4.78, 5) is 21.7. The van der Waals surface area contributed by atoms with Crippen LogP contribution in [0.5, 0.6) is 0 Å². The van der Waals surface area contributed by atoms with Crippen LogP contribution in [0.15, 0.2) is 0 Å². The van der Waals surface area contributed by atoms with E-state index in [0.717, 1.165) is 0 Å². The first kappa shape index (κ1) is 13.9. The van der Waals surface area contributed by atoms with E-state index in [-0.39, 0.29) is 6.42 Å². The van der Waals surface area contributed by atoms with E-state index >= 15 is 0 Å². The molecule has 88 valence electrons. The van der Waals surface area contributed by atoms with Gasteiger partial charge in [0, 0.05) is 0 Å². The molecule has 15 heavy (non-hydrogen) atoms. The highest BCUT2D eigenvalue weighted by Gasteiger charge is 2.25. The van der Waals surface area contributed by atoms with Gasteiger partial charge in [-0.15, -0.1) is 0 Å². The predicted octanol–water partition coefficient (Wildman–Crippen LogP) is -0.543. The number of carbonyl (C=O) groups is 2. The lowest BCUT2D eigenvalue weighted by molar-refractivity contribution is -0.156. The maximum Gasteiger partial charge on any atom is 0.323 e. The summed E-state index contributed by atoms with van der Waals surface area (Å²) in [7, 11) is 0. The van der Waals surface area contributed by atoms with Crippen LogP contribution in [-0.4, -0.2) is 34.7 Å². The van der Waals surface area contributed by atoms with Gasteiger partial charge in [-0.2, -0.15) is 0 Å². The monoisotopic (exact) mass is 218 g/mol. The fourth-order valence-electron chi connectivity index (χ4n) is 0.848. The fourth-order valence-corrected chi connectivity index (χ4v) is 0.848. The maximum atomic E-state index is 11.3. The fraction of sp³-hybridized carbons (Fsp3) is 0.778. The largest absolute Gasteiger partial charge is 0.480 e. The molecule has 0 spiro atoms. The van der Waals surface area contributed by atoms with Gasteiger partial charge in [0.25, 0.3) is 0 Å². The molecule has 0 aliphatic carbocycles. The van der Waals surface area contributed by atoms with Crippen LogP contribution in [0, 0.1) is 0 Å². The molecule has 0 saturated heterocycles. The van der Waals surface area contributed by atoms with Gasteiger partial charge >= 0.3 is 11.9 Å². The Balaban J connectivity index is 4.17. The number of ether oxygens (including phenoxy) is 1. The van der Waals surface area contributed by atoms with Gasteiger partial charge in [0.1, 0.15) is 17.7 Å². The summed E-state index contributed by atoms with van der Waals surface area (Å²) in [5.74, 6) is -1.83. The zero-order valence-electron chi connectivity index (χ0n) is 9.19. The SMILES string of the molecule is CC(C)(C)OC(=O)C(N)C[C@H](N)C(=O)O. The summed E-state index contributed by atoms with van der Waals surface area (Å²) in [6.45, 7) is 5.11. The summed E-state index contributed by atoms with van der Waals surface area (Å²) < 4.78 is 4.97. The Hall–Kier alpha value is -1.14. The smallest absolute Gasteiger partial charge is 0.323 e. The summed E-state index contributed by atoms with van der Waals surface area (Å²) >= 11 is 0. The standard InChI is InChI=1S/C9H18N2O4/c1-9(2,3)15-8(14)6(11)4-5(10)7(12)13/h5-6H,4,10-11H2,1-3H3,(H,12,13)/t5-,6?/m0/s1. The molecule has 0 rings (SSSR count). The van der Waals surface area contributed by atoms with Crippen molar-refractivity contribution >= 4 is 11.9 Å². The minimum absolute atomic E-state index is 0.135. The average molecular weight is 218 g/mol. The number of carboxylic acid groups (broad SMARTS) is 1. The van der Waals surface area contributed by atoms with Crippen molar-refractivity contribution in [1.82, 2.24) is 0 Å². The normalized spacial score (nSPS) is 15.5. The second kappa shape index (κ2) is 5.09. The molecule has 0 aliphatic rings. The highest BCUT2D eigenvalue weighted by Crippen LogP contribution is 2.09. The molecular formula is C9H18N2O4. The zero-order chi connectivity index (χ0) is 12.2. The molecule has 0 aromatic rings. The molecule has 6 nitrogen and oxygen atoms in total. The van der Waals surface area contributed by atoms with E-state index in [4.69, 9.17) is 21.3 Å². The Bertz CT molecular complexity index is 247. The molecular weight excluding hydrogens is 200 g/mol. The Labute approximate surface area is 88.6 Å². The number of carbonyl (C=O) groups excluding carboxylic acids is 1. The third-order valence-electron chi connectivity index (χ3n) is 1.53. The summed E-state index contributed by atoms with van der Waals surface area (Å²) in [5.41, 5.74) is 10.0. The van der Waals surface area contributed by atoms with Crippen LogP contribution >= 0.6 is 0 Å². The summed E-state index contributed by atoms with van der Waals surface area (Å²) in [6.07, 6.45) is -0.135. The van der Waals surface area contributed by atoms with Crippen molar-refractivity contribution in [2.45, 2.75) is 44.9 Å². The van der Waals surface area contributed by atoms with Crippen molar-refractivity contribution in [3.63, 3.8) is 0 Å². The maximum absolute atomic E-state index is 11.3. The van der Waals surface area contributed by atoms with E-state index in [9.17, 15) is 9.59 Å². The van der Waals surface area contributed by atoms with Crippen LogP contribution in [0.25, 0.3) is 0 Å². The molecule has 5 N–H and O–H groups in total. The van der Waals surface area contributed by atoms with E-state index in [1.165, 1.54) is 0 Å². The minimum atomic E-state index is -1.19. The van der Waals surface area contributed by atoms with Gasteiger partial charge in [0.15, 0.2) is 0 Å². The van der Waals surface area contributed by atoms with Gasteiger partial charge in [-0.05, 0) is 27.2 Å². The number of hydrogen-bond acceptors (Lipinski definition) is 5. The topological polar surface area (TPSA) is 116 Å². The van der Waals surface area contributed by atoms with E-state index in [2.05, 4.69) is 0 Å². The second-order valence-corrected chi connectivity index (χ2v) is 4.32. The summed E-state index contributed by atoms with van der Waals surface area (Å²) in [5, 5.41) is 8.51. The van der Waals surface area contributed by atoms with Crippen molar-refractivity contribution < 1.29 is 19.4 Å². The molecule has 0 aromatic heterocycles. The van der Waals surface area contributed by atoms with Gasteiger partial charge < -0.3 is 21.3 Å². The third kappa shape index (κ3) is 6.03. The van der Waals surface area contributed by atoms with Gasteiger partial charge in [0.2, 0.25) is 0 Å². The van der Waals surface area contributed by atoms with Crippen LogP contribution in [0.3, 0.4) is 0 Å². The molecule has 0 saturated carbocycles. The Morgan fingerprint density at radius 1 is 1.27 bits per heavy atom. The van der Waals surface area contributed by atoms with Crippen LogP contribution in [0.1, 0.15) is 27.2 Å². The Morgan fingerprint density at radius 2 is 1.73 bits per heavy atom. The molecule has 0 fully saturated rings. The van der Waals surface area contributed by atoms with E-state index in [1.807, 2.05) is 0 Å². The molecule has 0 bridgehead atoms.